The molecular weight excluding hydrogens is 350 g/mol. The van der Waals surface area contributed by atoms with Gasteiger partial charge in [0.05, 0.1) is 18.2 Å². The zero-order valence-corrected chi connectivity index (χ0v) is 14.8. The van der Waals surface area contributed by atoms with Gasteiger partial charge in [0, 0.05) is 6.54 Å². The van der Waals surface area contributed by atoms with Crippen LogP contribution in [0.15, 0.2) is 54.4 Å². The van der Waals surface area contributed by atoms with Crippen molar-refractivity contribution < 1.29 is 4.74 Å². The van der Waals surface area contributed by atoms with E-state index < -0.39 is 0 Å². The quantitative estimate of drug-likeness (QED) is 0.548. The highest BCUT2D eigenvalue weighted by molar-refractivity contribution is 7.25. The first kappa shape index (κ1) is 16.2. The molecule has 4 rings (SSSR count). The van der Waals surface area contributed by atoms with E-state index in [1.54, 1.807) is 25.3 Å². The lowest BCUT2D eigenvalue weighted by atomic mass is 10.3. The number of aromatic nitrogens is 4. The summed E-state index contributed by atoms with van der Waals surface area (Å²) in [5.41, 5.74) is 1.18. The molecule has 0 fully saturated rings. The Labute approximate surface area is 152 Å². The van der Waals surface area contributed by atoms with Gasteiger partial charge in [-0.15, -0.1) is 17.9 Å². The summed E-state index contributed by atoms with van der Waals surface area (Å²) in [6.07, 6.45) is 4.75. The second-order valence-corrected chi connectivity index (χ2v) is 6.47. The van der Waals surface area contributed by atoms with Gasteiger partial charge in [-0.25, -0.2) is 15.0 Å². The van der Waals surface area contributed by atoms with Gasteiger partial charge in [-0.3, -0.25) is 9.36 Å². The number of nitrogens with zero attached hydrogens (tertiary/aromatic N) is 4. The second kappa shape index (κ2) is 6.57. The van der Waals surface area contributed by atoms with Gasteiger partial charge >= 0.3 is 0 Å². The number of fused-ring (bicyclic) bond motifs is 3. The van der Waals surface area contributed by atoms with Crippen molar-refractivity contribution in [3.63, 3.8) is 0 Å². The Morgan fingerprint density at radius 3 is 2.81 bits per heavy atom. The van der Waals surface area contributed by atoms with Crippen LogP contribution in [0.2, 0.25) is 0 Å². The Morgan fingerprint density at radius 2 is 2.08 bits per heavy atom. The van der Waals surface area contributed by atoms with Crippen LogP contribution in [0.5, 0.6) is 5.75 Å². The van der Waals surface area contributed by atoms with Gasteiger partial charge in [0.25, 0.3) is 5.56 Å². The van der Waals surface area contributed by atoms with Crippen LogP contribution in [-0.4, -0.2) is 33.2 Å². The van der Waals surface area contributed by atoms with Crippen molar-refractivity contribution in [2.24, 2.45) is 0 Å². The topological polar surface area (TPSA) is 81.9 Å². The molecule has 1 aromatic carbocycles. The summed E-state index contributed by atoms with van der Waals surface area (Å²) in [4.78, 5) is 26.8. The van der Waals surface area contributed by atoms with E-state index in [0.717, 1.165) is 21.7 Å². The molecule has 1 N–H and O–H groups in total. The number of methoxy groups -OCH3 is 1. The van der Waals surface area contributed by atoms with E-state index in [0.29, 0.717) is 22.6 Å². The van der Waals surface area contributed by atoms with E-state index in [4.69, 9.17) is 4.74 Å². The maximum atomic E-state index is 13.0. The molecule has 7 nitrogen and oxygen atoms in total. The molecule has 0 bridgehead atoms. The van der Waals surface area contributed by atoms with Crippen LogP contribution >= 0.6 is 11.3 Å². The molecule has 26 heavy (non-hydrogen) atoms. The van der Waals surface area contributed by atoms with Gasteiger partial charge in [-0.1, -0.05) is 6.08 Å². The molecule has 0 amide bonds. The first-order valence-corrected chi connectivity index (χ1v) is 8.68. The second-order valence-electron chi connectivity index (χ2n) is 5.47. The van der Waals surface area contributed by atoms with Gasteiger partial charge < -0.3 is 10.1 Å². The highest BCUT2D eigenvalue weighted by atomic mass is 32.1. The average molecular weight is 365 g/mol. The zero-order chi connectivity index (χ0) is 18.1. The predicted octanol–water partition coefficient (Wildman–Crippen LogP) is 3.00. The zero-order valence-electron chi connectivity index (χ0n) is 14.0. The Morgan fingerprint density at radius 1 is 1.27 bits per heavy atom. The number of thiophene rings is 1. The van der Waals surface area contributed by atoms with Crippen molar-refractivity contribution in [2.45, 2.75) is 0 Å². The summed E-state index contributed by atoms with van der Waals surface area (Å²) < 4.78 is 7.22. The number of rotatable bonds is 5. The fourth-order valence-electron chi connectivity index (χ4n) is 2.69. The molecule has 0 atom stereocenters. The molecule has 0 radical (unpaired) electrons. The number of ether oxygens (including phenoxy) is 1. The van der Waals surface area contributed by atoms with Crippen molar-refractivity contribution >= 4 is 37.6 Å². The lowest BCUT2D eigenvalue weighted by Crippen LogP contribution is -2.17. The predicted molar refractivity (Wildman–Crippen MR) is 104 cm³/mol. The summed E-state index contributed by atoms with van der Waals surface area (Å²) in [7, 11) is 1.60. The monoisotopic (exact) mass is 365 g/mol. The molecule has 8 heteroatoms. The normalized spacial score (nSPS) is 11.0. The number of hydrogen-bond acceptors (Lipinski definition) is 7. The van der Waals surface area contributed by atoms with Crippen LogP contribution in [0, 0.1) is 0 Å². The summed E-state index contributed by atoms with van der Waals surface area (Å²) >= 11 is 1.31. The van der Waals surface area contributed by atoms with Gasteiger partial charge in [-0.2, -0.15) is 0 Å². The standard InChI is InChI=1S/C18H15N5O2S/c1-3-8-19-16-13-14-15(26-17(13)21-9-20-16)18(24)23(10-22-14)11-4-6-12(25-2)7-5-11/h3-7,9-10H,1,8H2,2H3,(H,19,20,21). The van der Waals surface area contributed by atoms with Gasteiger partial charge in [0.15, 0.2) is 0 Å². The number of nitrogens with one attached hydrogen (secondary N) is 1. The molecule has 4 aromatic rings. The number of hydrogen-bond donors (Lipinski definition) is 1. The Hall–Kier alpha value is -3.26. The Balaban J connectivity index is 1.91. The molecule has 130 valence electrons. The minimum atomic E-state index is -0.141. The lowest BCUT2D eigenvalue weighted by molar-refractivity contribution is 0.414. The third kappa shape index (κ3) is 2.60. The third-order valence-corrected chi connectivity index (χ3v) is 5.02. The molecule has 0 spiro atoms. The lowest BCUT2D eigenvalue weighted by Gasteiger charge is -2.06. The molecule has 0 aliphatic carbocycles. The third-order valence-electron chi connectivity index (χ3n) is 3.94. The minimum Gasteiger partial charge on any atom is -0.497 e. The van der Waals surface area contributed by atoms with Gasteiger partial charge in [0.2, 0.25) is 0 Å². The molecular formula is C18H15N5O2S. The fraction of sp³-hybridized carbons (Fsp3) is 0.111. The number of anilines is 1. The summed E-state index contributed by atoms with van der Waals surface area (Å²) in [5.74, 6) is 1.38. The highest BCUT2D eigenvalue weighted by Gasteiger charge is 2.16. The van der Waals surface area contributed by atoms with Crippen LogP contribution in [0.3, 0.4) is 0 Å². The Kier molecular flexibility index (Phi) is 4.10. The molecule has 3 aromatic heterocycles. The van der Waals surface area contributed by atoms with Crippen molar-refractivity contribution in [1.29, 1.82) is 0 Å². The first-order chi connectivity index (χ1) is 12.7. The smallest absolute Gasteiger partial charge is 0.275 e. The molecule has 0 saturated carbocycles. The first-order valence-electron chi connectivity index (χ1n) is 7.87. The van der Waals surface area contributed by atoms with Crippen LogP contribution in [0.25, 0.3) is 26.1 Å². The van der Waals surface area contributed by atoms with E-state index in [9.17, 15) is 4.79 Å². The van der Waals surface area contributed by atoms with Gasteiger partial charge in [0.1, 0.15) is 39.3 Å². The van der Waals surface area contributed by atoms with Crippen LogP contribution < -0.4 is 15.6 Å². The maximum absolute atomic E-state index is 13.0. The van der Waals surface area contributed by atoms with Crippen LogP contribution in [0.1, 0.15) is 0 Å². The SMILES string of the molecule is C=CCNc1ncnc2sc3c(=O)n(-c4ccc(OC)cc4)cnc3c12. The van der Waals surface area contributed by atoms with Crippen molar-refractivity contribution in [3.05, 3.63) is 59.9 Å². The summed E-state index contributed by atoms with van der Waals surface area (Å²) in [5, 5.41) is 3.93. The molecule has 0 unspecified atom stereocenters. The molecule has 3 heterocycles. The summed E-state index contributed by atoms with van der Waals surface area (Å²) in [6.45, 7) is 4.26. The summed E-state index contributed by atoms with van der Waals surface area (Å²) in [6, 6.07) is 7.25. The molecule has 0 saturated heterocycles. The van der Waals surface area contributed by atoms with E-state index in [-0.39, 0.29) is 5.56 Å². The van der Waals surface area contributed by atoms with Crippen molar-refractivity contribution in [2.75, 3.05) is 19.0 Å². The van der Waals surface area contributed by atoms with Gasteiger partial charge in [-0.05, 0) is 24.3 Å². The largest absolute Gasteiger partial charge is 0.497 e. The van der Waals surface area contributed by atoms with Crippen LogP contribution in [-0.2, 0) is 0 Å². The van der Waals surface area contributed by atoms with E-state index in [2.05, 4.69) is 26.8 Å². The Bertz CT molecular complexity index is 1160. The van der Waals surface area contributed by atoms with E-state index >= 15 is 0 Å². The van der Waals surface area contributed by atoms with E-state index in [1.165, 1.54) is 28.6 Å². The van der Waals surface area contributed by atoms with Crippen molar-refractivity contribution in [1.82, 2.24) is 19.5 Å². The van der Waals surface area contributed by atoms with Crippen molar-refractivity contribution in [3.8, 4) is 11.4 Å². The molecule has 0 aliphatic rings. The van der Waals surface area contributed by atoms with E-state index in [1.807, 2.05) is 12.1 Å². The maximum Gasteiger partial charge on any atom is 0.275 e. The average Bonchev–Trinajstić information content (AvgIpc) is 3.07. The minimum absolute atomic E-state index is 0.141. The molecule has 0 aliphatic heterocycles. The van der Waals surface area contributed by atoms with Crippen LogP contribution in [0.4, 0.5) is 5.82 Å². The number of benzene rings is 1. The fourth-order valence-corrected chi connectivity index (χ4v) is 3.72. The highest BCUT2D eigenvalue weighted by Crippen LogP contribution is 2.32.